The van der Waals surface area contributed by atoms with Gasteiger partial charge in [-0.3, -0.25) is 4.79 Å². The smallest absolute Gasteiger partial charge is 0.307 e. The van der Waals surface area contributed by atoms with Gasteiger partial charge in [-0.1, -0.05) is 36.4 Å². The summed E-state index contributed by atoms with van der Waals surface area (Å²) in [7, 11) is 1.99. The number of piperidine rings is 1. The second-order valence-corrected chi connectivity index (χ2v) is 14.4. The van der Waals surface area contributed by atoms with E-state index in [1.807, 2.05) is 68.3 Å². The molecule has 0 bridgehead atoms. The summed E-state index contributed by atoms with van der Waals surface area (Å²) in [5.41, 5.74) is 13.0. The number of esters is 1. The van der Waals surface area contributed by atoms with E-state index >= 15 is 0 Å². The van der Waals surface area contributed by atoms with Crippen molar-refractivity contribution in [2.75, 3.05) is 63.0 Å². The Morgan fingerprint density at radius 1 is 1.02 bits per heavy atom. The molecule has 0 spiro atoms. The van der Waals surface area contributed by atoms with Crippen LogP contribution in [0.4, 0.5) is 17.1 Å². The molecular formula is C34H46N6O4S. The minimum absolute atomic E-state index is 0.100. The molecule has 2 heterocycles. The Morgan fingerprint density at radius 3 is 2.44 bits per heavy atom. The number of rotatable bonds is 8. The summed E-state index contributed by atoms with van der Waals surface area (Å²) < 4.78 is 35.3. The molecule has 1 unspecified atom stereocenters. The lowest BCUT2D eigenvalue weighted by Crippen LogP contribution is -2.35. The van der Waals surface area contributed by atoms with Crippen LogP contribution in [0.3, 0.4) is 0 Å². The summed E-state index contributed by atoms with van der Waals surface area (Å²) in [6, 6.07) is 17.1. The summed E-state index contributed by atoms with van der Waals surface area (Å²) >= 11 is 0. The second kappa shape index (κ2) is 13.4. The van der Waals surface area contributed by atoms with E-state index in [0.717, 1.165) is 53.7 Å². The maximum absolute atomic E-state index is 13.9. The van der Waals surface area contributed by atoms with Crippen LogP contribution in [-0.4, -0.2) is 77.0 Å². The number of benzene rings is 3. The van der Waals surface area contributed by atoms with Crippen molar-refractivity contribution >= 4 is 33.1 Å². The van der Waals surface area contributed by atoms with Crippen molar-refractivity contribution in [1.82, 2.24) is 9.21 Å². The molecule has 0 amide bonds. The highest BCUT2D eigenvalue weighted by atomic mass is 32.2. The number of likely N-dealkylation sites (N-methyl/N-ethyl adjacent to an activating group) is 1. The standard InChI is InChI=1S/C34H46N6O4S/c1-23-10-11-25(20-26(23)22-40-19-18-38(4)30-8-6-7-9-32(30)45(40,42)43)29(21-33(41)44-27-14-16-37(3)17-15-27)28-12-13-31(39(5)36)34(35)24(28)2/h6-13,20,27,29H,14-19,21-22,35-36H2,1-5H3. The Morgan fingerprint density at radius 2 is 1.73 bits per heavy atom. The lowest BCUT2D eigenvalue weighted by Gasteiger charge is -2.29. The van der Waals surface area contributed by atoms with E-state index in [4.69, 9.17) is 16.3 Å². The highest BCUT2D eigenvalue weighted by molar-refractivity contribution is 7.89. The number of carbonyl (C=O) groups excluding carboxylic acids is 1. The zero-order valence-corrected chi connectivity index (χ0v) is 27.8. The van der Waals surface area contributed by atoms with E-state index in [2.05, 4.69) is 11.9 Å². The zero-order chi connectivity index (χ0) is 32.5. The molecule has 0 aromatic heterocycles. The first kappa shape index (κ1) is 32.7. The van der Waals surface area contributed by atoms with Crippen molar-refractivity contribution in [2.45, 2.75) is 56.6 Å². The number of nitrogen functional groups attached to an aromatic ring is 1. The van der Waals surface area contributed by atoms with Gasteiger partial charge in [0, 0.05) is 52.7 Å². The third-order valence-corrected chi connectivity index (χ3v) is 11.2. The molecule has 45 heavy (non-hydrogen) atoms. The lowest BCUT2D eigenvalue weighted by molar-refractivity contribution is -0.151. The minimum Gasteiger partial charge on any atom is -0.462 e. The summed E-state index contributed by atoms with van der Waals surface area (Å²) in [5.74, 6) is 5.42. The van der Waals surface area contributed by atoms with Crippen LogP contribution in [0.25, 0.3) is 0 Å². The van der Waals surface area contributed by atoms with Gasteiger partial charge in [-0.05, 0) is 79.8 Å². The van der Waals surface area contributed by atoms with Crippen molar-refractivity contribution < 1.29 is 17.9 Å². The average Bonchev–Trinajstić information content (AvgIpc) is 3.09. The predicted molar refractivity (Wildman–Crippen MR) is 180 cm³/mol. The number of hydrazine groups is 1. The van der Waals surface area contributed by atoms with E-state index in [9.17, 15) is 13.2 Å². The number of fused-ring (bicyclic) bond motifs is 1. The third kappa shape index (κ3) is 6.96. The van der Waals surface area contributed by atoms with Crippen LogP contribution in [0.5, 0.6) is 0 Å². The highest BCUT2D eigenvalue weighted by Gasteiger charge is 2.32. The Bertz CT molecular complexity index is 1650. The lowest BCUT2D eigenvalue weighted by atomic mass is 9.84. The number of carbonyl (C=O) groups is 1. The Balaban J connectivity index is 1.50. The maximum Gasteiger partial charge on any atom is 0.307 e. The Labute approximate surface area is 267 Å². The predicted octanol–water partition coefficient (Wildman–Crippen LogP) is 4.00. The number of anilines is 3. The fourth-order valence-corrected chi connectivity index (χ4v) is 8.04. The van der Waals surface area contributed by atoms with Crippen LogP contribution >= 0.6 is 0 Å². The number of likely N-dealkylation sites (tertiary alicyclic amines) is 1. The third-order valence-electron chi connectivity index (χ3n) is 9.33. The molecule has 11 heteroatoms. The molecule has 1 fully saturated rings. The average molecular weight is 635 g/mol. The Kier molecular flexibility index (Phi) is 9.74. The first-order chi connectivity index (χ1) is 21.4. The molecule has 2 aliphatic heterocycles. The molecule has 0 aliphatic carbocycles. The van der Waals surface area contributed by atoms with Crippen molar-refractivity contribution in [1.29, 1.82) is 0 Å². The van der Waals surface area contributed by atoms with Gasteiger partial charge in [0.25, 0.3) is 0 Å². The number of sulfonamides is 1. The normalized spacial score (nSPS) is 18.2. The topological polar surface area (TPSA) is 125 Å². The number of ether oxygens (including phenoxy) is 1. The molecule has 3 aromatic carbocycles. The SMILES string of the molecule is Cc1ccc(C(CC(=O)OC2CCN(C)CC2)c2ccc(N(C)N)c(N)c2C)cc1CN1CCN(C)c2ccccc2S1(=O)=O. The molecular weight excluding hydrogens is 588 g/mol. The molecule has 1 atom stereocenters. The van der Waals surface area contributed by atoms with Crippen molar-refractivity contribution in [2.24, 2.45) is 5.84 Å². The van der Waals surface area contributed by atoms with E-state index in [0.29, 0.717) is 35.0 Å². The van der Waals surface area contributed by atoms with Crippen LogP contribution in [-0.2, 0) is 26.1 Å². The van der Waals surface area contributed by atoms with Gasteiger partial charge in [0.05, 0.1) is 23.5 Å². The van der Waals surface area contributed by atoms with Crippen molar-refractivity contribution in [3.8, 4) is 0 Å². The number of nitrogens with two attached hydrogens (primary N) is 2. The first-order valence-corrected chi connectivity index (χ1v) is 17.0. The molecule has 10 nitrogen and oxygen atoms in total. The molecule has 1 saturated heterocycles. The molecule has 242 valence electrons. The summed E-state index contributed by atoms with van der Waals surface area (Å²) in [6.07, 6.45) is 1.66. The number of hydrogen-bond donors (Lipinski definition) is 2. The van der Waals surface area contributed by atoms with Gasteiger partial charge in [0.2, 0.25) is 10.0 Å². The van der Waals surface area contributed by atoms with E-state index < -0.39 is 10.0 Å². The molecule has 3 aromatic rings. The molecule has 4 N–H and O–H groups in total. The minimum atomic E-state index is -3.74. The monoisotopic (exact) mass is 634 g/mol. The zero-order valence-electron chi connectivity index (χ0n) is 27.0. The van der Waals surface area contributed by atoms with E-state index in [-0.39, 0.29) is 31.0 Å². The van der Waals surface area contributed by atoms with Crippen LogP contribution in [0, 0.1) is 13.8 Å². The van der Waals surface area contributed by atoms with Gasteiger partial charge in [-0.2, -0.15) is 4.31 Å². The number of para-hydroxylation sites is 1. The van der Waals surface area contributed by atoms with E-state index in [1.165, 1.54) is 5.01 Å². The summed E-state index contributed by atoms with van der Waals surface area (Å²) in [4.78, 5) is 18.0. The summed E-state index contributed by atoms with van der Waals surface area (Å²) in [5, 5.41) is 1.48. The fraction of sp³-hybridized carbons (Fsp3) is 0.441. The van der Waals surface area contributed by atoms with Crippen LogP contribution < -0.4 is 21.5 Å². The van der Waals surface area contributed by atoms with Crippen LogP contribution in [0.2, 0.25) is 0 Å². The van der Waals surface area contributed by atoms with Gasteiger partial charge < -0.3 is 25.3 Å². The summed E-state index contributed by atoms with van der Waals surface area (Å²) in [6.45, 7) is 6.86. The molecule has 0 saturated carbocycles. The van der Waals surface area contributed by atoms with E-state index in [1.54, 1.807) is 23.5 Å². The van der Waals surface area contributed by atoms with Crippen LogP contribution in [0.1, 0.15) is 53.0 Å². The fourth-order valence-electron chi connectivity index (χ4n) is 6.39. The molecule has 0 radical (unpaired) electrons. The van der Waals surface area contributed by atoms with Crippen molar-refractivity contribution in [3.63, 3.8) is 0 Å². The van der Waals surface area contributed by atoms with Crippen LogP contribution in [0.15, 0.2) is 59.5 Å². The quantitative estimate of drug-likeness (QED) is 0.164. The molecule has 5 rings (SSSR count). The number of aryl methyl sites for hydroxylation is 1. The largest absolute Gasteiger partial charge is 0.462 e. The molecule has 2 aliphatic rings. The van der Waals surface area contributed by atoms with Gasteiger partial charge in [-0.15, -0.1) is 0 Å². The van der Waals surface area contributed by atoms with Gasteiger partial charge in [-0.25, -0.2) is 14.3 Å². The Hall–Kier alpha value is -3.64. The van der Waals surface area contributed by atoms with Gasteiger partial charge in [0.15, 0.2) is 0 Å². The number of nitrogens with zero attached hydrogens (tertiary/aromatic N) is 4. The second-order valence-electron chi connectivity index (χ2n) is 12.5. The number of hydrogen-bond acceptors (Lipinski definition) is 9. The van der Waals surface area contributed by atoms with Gasteiger partial charge >= 0.3 is 5.97 Å². The highest BCUT2D eigenvalue weighted by Crippen LogP contribution is 2.38. The maximum atomic E-state index is 13.9. The van der Waals surface area contributed by atoms with Crippen molar-refractivity contribution in [3.05, 3.63) is 82.4 Å². The van der Waals surface area contributed by atoms with Gasteiger partial charge in [0.1, 0.15) is 11.0 Å². The first-order valence-electron chi connectivity index (χ1n) is 15.5.